The van der Waals surface area contributed by atoms with Gasteiger partial charge in [-0.3, -0.25) is 4.79 Å². The summed E-state index contributed by atoms with van der Waals surface area (Å²) in [5, 5.41) is 11.6. The number of halogens is 1. The molecule has 0 spiro atoms. The Hall–Kier alpha value is -2.87. The summed E-state index contributed by atoms with van der Waals surface area (Å²) in [6.07, 6.45) is -0.0555. The van der Waals surface area contributed by atoms with Crippen molar-refractivity contribution in [1.29, 1.82) is 5.26 Å². The lowest BCUT2D eigenvalue weighted by Crippen LogP contribution is -2.37. The van der Waals surface area contributed by atoms with Crippen LogP contribution in [-0.2, 0) is 11.2 Å². The van der Waals surface area contributed by atoms with E-state index in [0.717, 1.165) is 5.56 Å². The van der Waals surface area contributed by atoms with E-state index in [1.165, 1.54) is 12.1 Å². The number of carbonyl (C=O) groups is 1. The first-order chi connectivity index (χ1) is 11.1. The molecule has 23 heavy (non-hydrogen) atoms. The van der Waals surface area contributed by atoms with Crippen LogP contribution in [0.25, 0.3) is 0 Å². The highest BCUT2D eigenvalue weighted by molar-refractivity contribution is 5.80. The first-order valence-electron chi connectivity index (χ1n) is 7.27. The molecule has 0 aromatic heterocycles. The van der Waals surface area contributed by atoms with E-state index >= 15 is 0 Å². The predicted octanol–water partition coefficient (Wildman–Crippen LogP) is 2.82. The van der Waals surface area contributed by atoms with Gasteiger partial charge in [0.2, 0.25) is 0 Å². The molecule has 118 valence electrons. The molecule has 1 atom stereocenters. The quantitative estimate of drug-likeness (QED) is 0.892. The van der Waals surface area contributed by atoms with Gasteiger partial charge in [0.1, 0.15) is 11.6 Å². The largest absolute Gasteiger partial charge is 0.481 e. The zero-order valence-corrected chi connectivity index (χ0v) is 12.8. The molecule has 1 amide bonds. The average molecular weight is 312 g/mol. The van der Waals surface area contributed by atoms with Crippen LogP contribution >= 0.6 is 0 Å². The summed E-state index contributed by atoms with van der Waals surface area (Å²) < 4.78 is 18.3. The fourth-order valence-electron chi connectivity index (χ4n) is 2.02. The molecule has 0 heterocycles. The van der Waals surface area contributed by atoms with Crippen LogP contribution in [0.5, 0.6) is 5.75 Å². The SMILES string of the molecule is C[C@@H](Oc1cccc(C#N)c1)C(=O)NCCc1ccc(F)cc1. The summed E-state index contributed by atoms with van der Waals surface area (Å²) in [7, 11) is 0. The van der Waals surface area contributed by atoms with Gasteiger partial charge in [-0.2, -0.15) is 5.26 Å². The highest BCUT2D eigenvalue weighted by Crippen LogP contribution is 2.14. The van der Waals surface area contributed by atoms with Crippen LogP contribution in [0.15, 0.2) is 48.5 Å². The Balaban J connectivity index is 1.80. The van der Waals surface area contributed by atoms with E-state index in [4.69, 9.17) is 10.00 Å². The number of nitrogens with zero attached hydrogens (tertiary/aromatic N) is 1. The molecule has 4 nitrogen and oxygen atoms in total. The van der Waals surface area contributed by atoms with Crippen LogP contribution in [0.1, 0.15) is 18.1 Å². The molecule has 0 saturated carbocycles. The Morgan fingerprint density at radius 3 is 2.74 bits per heavy atom. The summed E-state index contributed by atoms with van der Waals surface area (Å²) in [5.74, 6) is -0.0425. The summed E-state index contributed by atoms with van der Waals surface area (Å²) in [6, 6.07) is 14.8. The van der Waals surface area contributed by atoms with E-state index in [9.17, 15) is 9.18 Å². The molecule has 0 bridgehead atoms. The van der Waals surface area contributed by atoms with Gasteiger partial charge in [0.25, 0.3) is 5.91 Å². The molecule has 2 rings (SSSR count). The maximum atomic E-state index is 12.8. The van der Waals surface area contributed by atoms with E-state index in [0.29, 0.717) is 24.3 Å². The van der Waals surface area contributed by atoms with Crippen molar-refractivity contribution in [3.05, 3.63) is 65.5 Å². The van der Waals surface area contributed by atoms with E-state index in [1.807, 2.05) is 6.07 Å². The third-order valence-electron chi connectivity index (χ3n) is 3.27. The lowest BCUT2D eigenvalue weighted by Gasteiger charge is -2.14. The summed E-state index contributed by atoms with van der Waals surface area (Å²) in [4.78, 5) is 12.0. The van der Waals surface area contributed by atoms with Crippen LogP contribution in [0.3, 0.4) is 0 Å². The number of nitrogens with one attached hydrogen (secondary N) is 1. The van der Waals surface area contributed by atoms with Crippen LogP contribution in [0.2, 0.25) is 0 Å². The fourth-order valence-corrected chi connectivity index (χ4v) is 2.02. The molecule has 0 radical (unpaired) electrons. The predicted molar refractivity (Wildman–Crippen MR) is 84.4 cm³/mol. The van der Waals surface area contributed by atoms with Gasteiger partial charge in [-0.1, -0.05) is 18.2 Å². The van der Waals surface area contributed by atoms with Gasteiger partial charge in [0, 0.05) is 6.54 Å². The van der Waals surface area contributed by atoms with Gasteiger partial charge in [-0.25, -0.2) is 4.39 Å². The molecule has 0 fully saturated rings. The number of rotatable bonds is 6. The summed E-state index contributed by atoms with van der Waals surface area (Å²) >= 11 is 0. The molecule has 2 aromatic rings. The monoisotopic (exact) mass is 312 g/mol. The summed E-state index contributed by atoms with van der Waals surface area (Å²) in [5.41, 5.74) is 1.42. The molecule has 5 heteroatoms. The number of hydrogen-bond donors (Lipinski definition) is 1. The second kappa shape index (κ2) is 7.95. The number of carbonyl (C=O) groups excluding carboxylic acids is 1. The van der Waals surface area contributed by atoms with Crippen molar-refractivity contribution in [3.8, 4) is 11.8 Å². The van der Waals surface area contributed by atoms with Gasteiger partial charge in [0.15, 0.2) is 6.10 Å². The minimum absolute atomic E-state index is 0.241. The van der Waals surface area contributed by atoms with E-state index < -0.39 is 6.10 Å². The van der Waals surface area contributed by atoms with Crippen LogP contribution in [0, 0.1) is 17.1 Å². The maximum absolute atomic E-state index is 12.8. The highest BCUT2D eigenvalue weighted by atomic mass is 19.1. The zero-order chi connectivity index (χ0) is 16.7. The van der Waals surface area contributed by atoms with E-state index in [2.05, 4.69) is 5.32 Å². The lowest BCUT2D eigenvalue weighted by atomic mass is 10.1. The third-order valence-corrected chi connectivity index (χ3v) is 3.27. The van der Waals surface area contributed by atoms with Crippen LogP contribution < -0.4 is 10.1 Å². The topological polar surface area (TPSA) is 62.1 Å². The van der Waals surface area contributed by atoms with E-state index in [-0.39, 0.29) is 11.7 Å². The molecule has 0 aliphatic heterocycles. The molecular formula is C18H17FN2O2. The van der Waals surface area contributed by atoms with Gasteiger partial charge >= 0.3 is 0 Å². The number of ether oxygens (including phenoxy) is 1. The zero-order valence-electron chi connectivity index (χ0n) is 12.8. The molecule has 1 N–H and O–H groups in total. The second-order valence-corrected chi connectivity index (χ2v) is 5.07. The van der Waals surface area contributed by atoms with Crippen molar-refractivity contribution in [2.75, 3.05) is 6.54 Å². The normalized spacial score (nSPS) is 11.3. The minimum atomic E-state index is -0.669. The Labute approximate surface area is 134 Å². The molecule has 0 saturated heterocycles. The van der Waals surface area contributed by atoms with Crippen LogP contribution in [0.4, 0.5) is 4.39 Å². The summed E-state index contributed by atoms with van der Waals surface area (Å²) in [6.45, 7) is 2.09. The van der Waals surface area contributed by atoms with Gasteiger partial charge < -0.3 is 10.1 Å². The number of amides is 1. The molecular weight excluding hydrogens is 295 g/mol. The van der Waals surface area contributed by atoms with Crippen molar-refractivity contribution < 1.29 is 13.9 Å². The van der Waals surface area contributed by atoms with Gasteiger partial charge in [-0.05, 0) is 49.2 Å². The van der Waals surface area contributed by atoms with Crippen molar-refractivity contribution in [2.45, 2.75) is 19.4 Å². The Kier molecular flexibility index (Phi) is 5.70. The Morgan fingerprint density at radius 1 is 1.30 bits per heavy atom. The van der Waals surface area contributed by atoms with Gasteiger partial charge in [0.05, 0.1) is 11.6 Å². The fraction of sp³-hybridized carbons (Fsp3) is 0.222. The lowest BCUT2D eigenvalue weighted by molar-refractivity contribution is -0.127. The van der Waals surface area contributed by atoms with Gasteiger partial charge in [-0.15, -0.1) is 0 Å². The van der Waals surface area contributed by atoms with Crippen LogP contribution in [-0.4, -0.2) is 18.6 Å². The van der Waals surface area contributed by atoms with Crippen molar-refractivity contribution in [3.63, 3.8) is 0 Å². The number of benzene rings is 2. The number of hydrogen-bond acceptors (Lipinski definition) is 3. The van der Waals surface area contributed by atoms with E-state index in [1.54, 1.807) is 43.3 Å². The first kappa shape index (κ1) is 16.5. The molecule has 0 aliphatic rings. The smallest absolute Gasteiger partial charge is 0.260 e. The minimum Gasteiger partial charge on any atom is -0.481 e. The Bertz CT molecular complexity index is 708. The highest BCUT2D eigenvalue weighted by Gasteiger charge is 2.14. The first-order valence-corrected chi connectivity index (χ1v) is 7.27. The third kappa shape index (κ3) is 5.11. The average Bonchev–Trinajstić information content (AvgIpc) is 2.56. The standard InChI is InChI=1S/C18H17FN2O2/c1-13(23-17-4-2-3-15(11-17)12-20)18(22)21-10-9-14-5-7-16(19)8-6-14/h2-8,11,13H,9-10H2,1H3,(H,21,22)/t13-/m1/s1. The molecule has 0 aliphatic carbocycles. The molecule has 0 unspecified atom stereocenters. The maximum Gasteiger partial charge on any atom is 0.260 e. The number of nitriles is 1. The Morgan fingerprint density at radius 2 is 2.04 bits per heavy atom. The van der Waals surface area contributed by atoms with Crippen molar-refractivity contribution in [2.24, 2.45) is 0 Å². The van der Waals surface area contributed by atoms with Crippen molar-refractivity contribution in [1.82, 2.24) is 5.32 Å². The van der Waals surface area contributed by atoms with Crippen molar-refractivity contribution >= 4 is 5.91 Å². The second-order valence-electron chi connectivity index (χ2n) is 5.07. The molecule has 2 aromatic carbocycles.